The van der Waals surface area contributed by atoms with Gasteiger partial charge in [-0.3, -0.25) is 10.2 Å². The Morgan fingerprint density at radius 3 is 2.69 bits per heavy atom. The van der Waals surface area contributed by atoms with Crippen LogP contribution in [-0.4, -0.2) is 57.1 Å². The van der Waals surface area contributed by atoms with E-state index in [4.69, 9.17) is 9.47 Å². The highest BCUT2D eigenvalue weighted by Gasteiger charge is 2.27. The standard InChI is InChI=1S/C12H24N2O2/c1-12(2)9-13-11(16-10-12)3-4-14-5-7-15-8-6-14/h11,13H,3-10H2,1-2H3. The van der Waals surface area contributed by atoms with Gasteiger partial charge in [-0.05, 0) is 6.42 Å². The van der Waals surface area contributed by atoms with E-state index in [1.807, 2.05) is 0 Å². The van der Waals surface area contributed by atoms with E-state index in [1.165, 1.54) is 0 Å². The summed E-state index contributed by atoms with van der Waals surface area (Å²) in [6, 6.07) is 0. The van der Waals surface area contributed by atoms with Crippen LogP contribution in [0, 0.1) is 5.41 Å². The zero-order valence-corrected chi connectivity index (χ0v) is 10.5. The molecule has 2 saturated heterocycles. The normalized spacial score (nSPS) is 31.5. The van der Waals surface area contributed by atoms with Crippen molar-refractivity contribution in [3.8, 4) is 0 Å². The summed E-state index contributed by atoms with van der Waals surface area (Å²) in [6.45, 7) is 11.4. The van der Waals surface area contributed by atoms with Crippen LogP contribution >= 0.6 is 0 Å². The summed E-state index contributed by atoms with van der Waals surface area (Å²) in [6.07, 6.45) is 1.33. The molecular weight excluding hydrogens is 204 g/mol. The average Bonchev–Trinajstić information content (AvgIpc) is 2.29. The molecule has 2 aliphatic heterocycles. The van der Waals surface area contributed by atoms with Crippen LogP contribution in [0.2, 0.25) is 0 Å². The van der Waals surface area contributed by atoms with E-state index in [0.717, 1.165) is 52.4 Å². The molecule has 0 aromatic heterocycles. The highest BCUT2D eigenvalue weighted by Crippen LogP contribution is 2.20. The third-order valence-corrected chi connectivity index (χ3v) is 3.29. The van der Waals surface area contributed by atoms with Gasteiger partial charge < -0.3 is 9.47 Å². The molecule has 0 amide bonds. The number of rotatable bonds is 3. The van der Waals surface area contributed by atoms with Crippen molar-refractivity contribution in [2.24, 2.45) is 5.41 Å². The predicted molar refractivity (Wildman–Crippen MR) is 63.4 cm³/mol. The zero-order chi connectivity index (χ0) is 11.4. The lowest BCUT2D eigenvalue weighted by atomic mass is 9.93. The van der Waals surface area contributed by atoms with Crippen LogP contribution in [0.15, 0.2) is 0 Å². The molecule has 4 heteroatoms. The molecule has 0 saturated carbocycles. The molecule has 0 aromatic rings. The van der Waals surface area contributed by atoms with Gasteiger partial charge in [0.15, 0.2) is 0 Å². The molecule has 0 spiro atoms. The Kier molecular flexibility index (Phi) is 4.19. The first-order chi connectivity index (χ1) is 7.66. The van der Waals surface area contributed by atoms with Gasteiger partial charge in [0.1, 0.15) is 6.23 Å². The Morgan fingerprint density at radius 2 is 2.06 bits per heavy atom. The van der Waals surface area contributed by atoms with Gasteiger partial charge in [0, 0.05) is 31.6 Å². The second-order valence-electron chi connectivity index (χ2n) is 5.59. The minimum atomic E-state index is 0.246. The van der Waals surface area contributed by atoms with Crippen LogP contribution in [0.25, 0.3) is 0 Å². The molecule has 0 radical (unpaired) electrons. The maximum atomic E-state index is 5.82. The van der Waals surface area contributed by atoms with Crippen LogP contribution in [0.3, 0.4) is 0 Å². The molecule has 2 heterocycles. The molecule has 2 rings (SSSR count). The summed E-state index contributed by atoms with van der Waals surface area (Å²) in [7, 11) is 0. The molecule has 0 bridgehead atoms. The molecular formula is C12H24N2O2. The number of morpholine rings is 1. The number of nitrogens with one attached hydrogen (secondary N) is 1. The molecule has 94 valence electrons. The lowest BCUT2D eigenvalue weighted by Gasteiger charge is -2.36. The van der Waals surface area contributed by atoms with Gasteiger partial charge in [0.25, 0.3) is 0 Å². The van der Waals surface area contributed by atoms with Gasteiger partial charge in [-0.1, -0.05) is 13.8 Å². The molecule has 2 aliphatic rings. The second-order valence-corrected chi connectivity index (χ2v) is 5.59. The average molecular weight is 228 g/mol. The molecule has 16 heavy (non-hydrogen) atoms. The summed E-state index contributed by atoms with van der Waals surface area (Å²) in [5, 5.41) is 3.47. The summed E-state index contributed by atoms with van der Waals surface area (Å²) < 4.78 is 11.1. The van der Waals surface area contributed by atoms with Crippen molar-refractivity contribution in [1.82, 2.24) is 10.2 Å². The van der Waals surface area contributed by atoms with Gasteiger partial charge in [0.2, 0.25) is 0 Å². The lowest BCUT2D eigenvalue weighted by molar-refractivity contribution is -0.0666. The van der Waals surface area contributed by atoms with E-state index in [0.29, 0.717) is 0 Å². The van der Waals surface area contributed by atoms with Crippen LogP contribution < -0.4 is 5.32 Å². The summed E-state index contributed by atoms with van der Waals surface area (Å²) >= 11 is 0. The molecule has 0 aromatic carbocycles. The fourth-order valence-corrected chi connectivity index (χ4v) is 2.14. The minimum Gasteiger partial charge on any atom is -0.379 e. The van der Waals surface area contributed by atoms with Crippen molar-refractivity contribution in [2.75, 3.05) is 46.0 Å². The number of ether oxygens (including phenoxy) is 2. The third kappa shape index (κ3) is 3.70. The van der Waals surface area contributed by atoms with Crippen LogP contribution in [0.1, 0.15) is 20.3 Å². The Bertz CT molecular complexity index is 205. The van der Waals surface area contributed by atoms with Crippen LogP contribution in [-0.2, 0) is 9.47 Å². The SMILES string of the molecule is CC1(C)CNC(CCN2CCOCC2)OC1. The fourth-order valence-electron chi connectivity index (χ4n) is 2.14. The van der Waals surface area contributed by atoms with Crippen molar-refractivity contribution < 1.29 is 9.47 Å². The van der Waals surface area contributed by atoms with Crippen LogP contribution in [0.5, 0.6) is 0 Å². The Balaban J connectivity index is 1.63. The van der Waals surface area contributed by atoms with Gasteiger partial charge in [0.05, 0.1) is 19.8 Å². The van der Waals surface area contributed by atoms with Crippen molar-refractivity contribution >= 4 is 0 Å². The van der Waals surface area contributed by atoms with Gasteiger partial charge in [-0.15, -0.1) is 0 Å². The fraction of sp³-hybridized carbons (Fsp3) is 1.00. The van der Waals surface area contributed by atoms with Crippen LogP contribution in [0.4, 0.5) is 0 Å². The third-order valence-electron chi connectivity index (χ3n) is 3.29. The highest BCUT2D eigenvalue weighted by molar-refractivity contribution is 4.78. The van der Waals surface area contributed by atoms with Crippen molar-refractivity contribution in [2.45, 2.75) is 26.5 Å². The van der Waals surface area contributed by atoms with E-state index in [-0.39, 0.29) is 11.6 Å². The van der Waals surface area contributed by atoms with Crippen molar-refractivity contribution in [1.29, 1.82) is 0 Å². The van der Waals surface area contributed by atoms with E-state index in [9.17, 15) is 0 Å². The highest BCUT2D eigenvalue weighted by atomic mass is 16.5. The molecule has 1 N–H and O–H groups in total. The van der Waals surface area contributed by atoms with E-state index < -0.39 is 0 Å². The van der Waals surface area contributed by atoms with E-state index >= 15 is 0 Å². The summed E-state index contributed by atoms with van der Waals surface area (Å²) in [5.41, 5.74) is 0.287. The second kappa shape index (κ2) is 5.45. The lowest BCUT2D eigenvalue weighted by Crippen LogP contribution is -2.49. The summed E-state index contributed by atoms with van der Waals surface area (Å²) in [4.78, 5) is 2.45. The van der Waals surface area contributed by atoms with E-state index in [2.05, 4.69) is 24.1 Å². The molecule has 2 fully saturated rings. The Hall–Kier alpha value is -0.160. The minimum absolute atomic E-state index is 0.246. The monoisotopic (exact) mass is 228 g/mol. The topological polar surface area (TPSA) is 33.7 Å². The van der Waals surface area contributed by atoms with Crippen molar-refractivity contribution in [3.05, 3.63) is 0 Å². The Morgan fingerprint density at radius 1 is 1.31 bits per heavy atom. The van der Waals surface area contributed by atoms with Gasteiger partial charge >= 0.3 is 0 Å². The Labute approximate surface area is 98.3 Å². The first-order valence-electron chi connectivity index (χ1n) is 6.31. The first-order valence-corrected chi connectivity index (χ1v) is 6.31. The van der Waals surface area contributed by atoms with Crippen molar-refractivity contribution in [3.63, 3.8) is 0 Å². The largest absolute Gasteiger partial charge is 0.379 e. The van der Waals surface area contributed by atoms with Gasteiger partial charge in [-0.25, -0.2) is 0 Å². The number of nitrogens with zero attached hydrogens (tertiary/aromatic N) is 1. The molecule has 1 atom stereocenters. The van der Waals surface area contributed by atoms with Gasteiger partial charge in [-0.2, -0.15) is 0 Å². The predicted octanol–water partition coefficient (Wildman–Crippen LogP) is 0.681. The maximum absolute atomic E-state index is 5.82. The zero-order valence-electron chi connectivity index (χ0n) is 10.5. The summed E-state index contributed by atoms with van der Waals surface area (Å²) in [5.74, 6) is 0. The first kappa shape index (κ1) is 12.3. The maximum Gasteiger partial charge on any atom is 0.109 e. The number of hydrogen-bond donors (Lipinski definition) is 1. The smallest absolute Gasteiger partial charge is 0.109 e. The quantitative estimate of drug-likeness (QED) is 0.770. The van der Waals surface area contributed by atoms with E-state index in [1.54, 1.807) is 0 Å². The molecule has 0 aliphatic carbocycles. The molecule has 1 unspecified atom stereocenters. The number of hydrogen-bond acceptors (Lipinski definition) is 4. The molecule has 4 nitrogen and oxygen atoms in total.